The Labute approximate surface area is 159 Å². The molecule has 0 bridgehead atoms. The number of hydrogen-bond acceptors (Lipinski definition) is 5. The van der Waals surface area contributed by atoms with Crippen molar-refractivity contribution in [3.8, 4) is 0 Å². The van der Waals surface area contributed by atoms with E-state index in [1.165, 1.54) is 6.07 Å². The molecule has 2 aromatic heterocycles. The second-order valence-electron chi connectivity index (χ2n) is 5.89. The highest BCUT2D eigenvalue weighted by atomic mass is 79.9. The van der Waals surface area contributed by atoms with Crippen LogP contribution in [0.5, 0.6) is 0 Å². The molecule has 0 aliphatic carbocycles. The first-order chi connectivity index (χ1) is 12.9. The molecule has 0 radical (unpaired) electrons. The van der Waals surface area contributed by atoms with Gasteiger partial charge < -0.3 is 9.52 Å². The van der Waals surface area contributed by atoms with Gasteiger partial charge in [-0.3, -0.25) is 4.79 Å². The molecule has 1 N–H and O–H groups in total. The molecule has 8 heteroatoms. The van der Waals surface area contributed by atoms with Crippen LogP contribution in [0, 0.1) is 0 Å². The van der Waals surface area contributed by atoms with E-state index in [2.05, 4.69) is 21.0 Å². The minimum atomic E-state index is -1.23. The van der Waals surface area contributed by atoms with Gasteiger partial charge in [-0.1, -0.05) is 34.1 Å². The summed E-state index contributed by atoms with van der Waals surface area (Å²) >= 11 is 3.32. The molecule has 0 aliphatic heterocycles. The lowest BCUT2D eigenvalue weighted by Crippen LogP contribution is -2.27. The summed E-state index contributed by atoms with van der Waals surface area (Å²) in [7, 11) is 0. The van der Waals surface area contributed by atoms with Crippen LogP contribution < -0.4 is 11.2 Å². The van der Waals surface area contributed by atoms with Gasteiger partial charge in [-0.15, -0.1) is 0 Å². The summed E-state index contributed by atoms with van der Waals surface area (Å²) in [6.45, 7) is -0.0618. The summed E-state index contributed by atoms with van der Waals surface area (Å²) in [5.74, 6) is -1.23. The minimum absolute atomic E-state index is 0.0618. The minimum Gasteiger partial charge on any atom is -0.476 e. The van der Waals surface area contributed by atoms with Crippen LogP contribution >= 0.6 is 15.9 Å². The first-order valence-corrected chi connectivity index (χ1v) is 8.69. The highest BCUT2D eigenvalue weighted by molar-refractivity contribution is 9.10. The van der Waals surface area contributed by atoms with Crippen molar-refractivity contribution in [2.24, 2.45) is 0 Å². The molecule has 0 unspecified atom stereocenters. The average Bonchev–Trinajstić information content (AvgIpc) is 2.63. The number of rotatable bonds is 3. The van der Waals surface area contributed by atoms with Crippen molar-refractivity contribution >= 4 is 43.6 Å². The second-order valence-corrected chi connectivity index (χ2v) is 6.81. The van der Waals surface area contributed by atoms with Gasteiger partial charge in [0.05, 0.1) is 11.9 Å². The van der Waals surface area contributed by atoms with E-state index in [0.717, 1.165) is 9.15 Å². The SMILES string of the molecule is O=C(O)c1nn(Cc2cc(=O)oc3cc(Br)ccc23)c(=O)c2ccccc12. The third-order valence-corrected chi connectivity index (χ3v) is 4.68. The molecule has 0 saturated carbocycles. The number of nitrogens with zero attached hydrogens (tertiary/aromatic N) is 2. The van der Waals surface area contributed by atoms with E-state index in [1.54, 1.807) is 42.5 Å². The molecule has 134 valence electrons. The van der Waals surface area contributed by atoms with Crippen LogP contribution in [0.3, 0.4) is 0 Å². The van der Waals surface area contributed by atoms with Crippen molar-refractivity contribution in [2.45, 2.75) is 6.54 Å². The van der Waals surface area contributed by atoms with Gasteiger partial charge in [0.15, 0.2) is 5.69 Å². The number of carboxylic acid groups (broad SMARTS) is 1. The predicted molar refractivity (Wildman–Crippen MR) is 102 cm³/mol. The standard InChI is InChI=1S/C19H11BrN2O5/c20-11-5-6-12-10(7-16(23)27-15(12)8-11)9-22-18(24)14-4-2-1-3-13(14)17(21-22)19(25)26/h1-8H,9H2,(H,25,26). The predicted octanol–water partition coefficient (Wildman–Crippen LogP) is 3.01. The van der Waals surface area contributed by atoms with E-state index in [0.29, 0.717) is 16.5 Å². The van der Waals surface area contributed by atoms with Crippen molar-refractivity contribution in [3.05, 3.63) is 85.0 Å². The van der Waals surface area contributed by atoms with Crippen molar-refractivity contribution in [3.63, 3.8) is 0 Å². The summed E-state index contributed by atoms with van der Waals surface area (Å²) < 4.78 is 6.99. The maximum absolute atomic E-state index is 12.8. The number of halogens is 1. The third kappa shape index (κ3) is 3.04. The highest BCUT2D eigenvalue weighted by Gasteiger charge is 2.17. The number of fused-ring (bicyclic) bond motifs is 2. The van der Waals surface area contributed by atoms with E-state index in [9.17, 15) is 19.5 Å². The smallest absolute Gasteiger partial charge is 0.357 e. The summed E-state index contributed by atoms with van der Waals surface area (Å²) in [5.41, 5.74) is -0.355. The molecular weight excluding hydrogens is 416 g/mol. The Morgan fingerprint density at radius 3 is 2.56 bits per heavy atom. The van der Waals surface area contributed by atoms with Crippen LogP contribution in [0.15, 0.2) is 67.0 Å². The highest BCUT2D eigenvalue weighted by Crippen LogP contribution is 2.22. The fourth-order valence-corrected chi connectivity index (χ4v) is 3.34. The second kappa shape index (κ2) is 6.48. The van der Waals surface area contributed by atoms with E-state index >= 15 is 0 Å². The van der Waals surface area contributed by atoms with Crippen LogP contribution in [0.2, 0.25) is 0 Å². The zero-order valence-corrected chi connectivity index (χ0v) is 15.3. The lowest BCUT2D eigenvalue weighted by molar-refractivity contribution is 0.0690. The maximum Gasteiger partial charge on any atom is 0.357 e. The quantitative estimate of drug-likeness (QED) is 0.505. The Bertz CT molecular complexity index is 1340. The first-order valence-electron chi connectivity index (χ1n) is 7.89. The lowest BCUT2D eigenvalue weighted by atomic mass is 10.1. The van der Waals surface area contributed by atoms with Gasteiger partial charge in [0.1, 0.15) is 5.58 Å². The molecule has 2 heterocycles. The number of benzene rings is 2. The Hall–Kier alpha value is -3.26. The van der Waals surface area contributed by atoms with Crippen molar-refractivity contribution in [1.29, 1.82) is 0 Å². The molecule has 4 aromatic rings. The summed E-state index contributed by atoms with van der Waals surface area (Å²) in [4.78, 5) is 36.3. The van der Waals surface area contributed by atoms with Crippen LogP contribution in [-0.4, -0.2) is 20.9 Å². The zero-order valence-electron chi connectivity index (χ0n) is 13.7. The molecule has 0 aliphatic rings. The van der Waals surface area contributed by atoms with Crippen molar-refractivity contribution < 1.29 is 14.3 Å². The van der Waals surface area contributed by atoms with E-state index < -0.39 is 17.2 Å². The van der Waals surface area contributed by atoms with Gasteiger partial charge in [0.25, 0.3) is 5.56 Å². The molecular formula is C19H11BrN2O5. The van der Waals surface area contributed by atoms with Crippen molar-refractivity contribution in [2.75, 3.05) is 0 Å². The van der Waals surface area contributed by atoms with Gasteiger partial charge in [0, 0.05) is 21.3 Å². The number of carboxylic acids is 1. The normalized spacial score (nSPS) is 11.1. The Morgan fingerprint density at radius 1 is 1.07 bits per heavy atom. The molecule has 2 aromatic carbocycles. The van der Waals surface area contributed by atoms with Crippen LogP contribution in [0.25, 0.3) is 21.7 Å². The monoisotopic (exact) mass is 426 g/mol. The van der Waals surface area contributed by atoms with Gasteiger partial charge >= 0.3 is 11.6 Å². The zero-order chi connectivity index (χ0) is 19.1. The molecule has 0 amide bonds. The fraction of sp³-hybridized carbons (Fsp3) is 0.0526. The summed E-state index contributed by atoms with van der Waals surface area (Å²) in [6, 6.07) is 12.9. The number of carbonyl (C=O) groups is 1. The number of aromatic nitrogens is 2. The lowest BCUT2D eigenvalue weighted by Gasteiger charge is -2.10. The average molecular weight is 427 g/mol. The third-order valence-electron chi connectivity index (χ3n) is 4.18. The molecule has 27 heavy (non-hydrogen) atoms. The van der Waals surface area contributed by atoms with Crippen LogP contribution in [0.4, 0.5) is 0 Å². The van der Waals surface area contributed by atoms with Gasteiger partial charge in [-0.05, 0) is 29.8 Å². The number of aromatic carboxylic acids is 1. The van der Waals surface area contributed by atoms with Gasteiger partial charge in [-0.2, -0.15) is 5.10 Å². The van der Waals surface area contributed by atoms with E-state index in [1.807, 2.05) is 0 Å². The number of hydrogen-bond donors (Lipinski definition) is 1. The molecule has 0 fully saturated rings. The van der Waals surface area contributed by atoms with Gasteiger partial charge in [0.2, 0.25) is 0 Å². The Balaban J connectivity index is 1.96. The van der Waals surface area contributed by atoms with E-state index in [-0.39, 0.29) is 23.0 Å². The molecule has 7 nitrogen and oxygen atoms in total. The van der Waals surface area contributed by atoms with Crippen LogP contribution in [0.1, 0.15) is 16.1 Å². The van der Waals surface area contributed by atoms with E-state index in [4.69, 9.17) is 4.42 Å². The summed E-state index contributed by atoms with van der Waals surface area (Å²) in [6.07, 6.45) is 0. The van der Waals surface area contributed by atoms with Crippen molar-refractivity contribution in [1.82, 2.24) is 9.78 Å². The molecule has 0 spiro atoms. The maximum atomic E-state index is 12.8. The summed E-state index contributed by atoms with van der Waals surface area (Å²) in [5, 5.41) is 14.6. The first kappa shape index (κ1) is 17.2. The fourth-order valence-electron chi connectivity index (χ4n) is 3.00. The molecule has 0 saturated heterocycles. The Kier molecular flexibility index (Phi) is 4.12. The topological polar surface area (TPSA) is 102 Å². The molecule has 4 rings (SSSR count). The largest absolute Gasteiger partial charge is 0.476 e. The van der Waals surface area contributed by atoms with Gasteiger partial charge in [-0.25, -0.2) is 14.3 Å². The Morgan fingerprint density at radius 2 is 1.81 bits per heavy atom. The molecule has 0 atom stereocenters. The van der Waals surface area contributed by atoms with Crippen LogP contribution in [-0.2, 0) is 6.54 Å².